The predicted molar refractivity (Wildman–Crippen MR) is 51.4 cm³/mol. The second-order valence-electron chi connectivity index (χ2n) is 3.33. The number of benzene rings is 1. The third-order valence-corrected chi connectivity index (χ3v) is 2.17. The van der Waals surface area contributed by atoms with Gasteiger partial charge in [0.1, 0.15) is 24.1 Å². The van der Waals surface area contributed by atoms with Crippen LogP contribution in [0.4, 0.5) is 8.78 Å². The maximum atomic E-state index is 13.2. The SMILES string of the molecule is OC(Cc1cc(F)ccc1F)c1ncn[nH]1. The number of hydrogen-bond donors (Lipinski definition) is 2. The van der Waals surface area contributed by atoms with Gasteiger partial charge in [0.2, 0.25) is 0 Å². The Morgan fingerprint density at radius 2 is 2.19 bits per heavy atom. The van der Waals surface area contributed by atoms with E-state index < -0.39 is 17.7 Å². The van der Waals surface area contributed by atoms with Gasteiger partial charge in [0.15, 0.2) is 5.82 Å². The van der Waals surface area contributed by atoms with Gasteiger partial charge in [0, 0.05) is 6.42 Å². The number of aromatic amines is 1. The monoisotopic (exact) mass is 225 g/mol. The van der Waals surface area contributed by atoms with Crippen molar-refractivity contribution in [1.29, 1.82) is 0 Å². The van der Waals surface area contributed by atoms with Gasteiger partial charge < -0.3 is 5.11 Å². The lowest BCUT2D eigenvalue weighted by Gasteiger charge is -2.08. The molecule has 0 aliphatic carbocycles. The molecule has 6 heteroatoms. The van der Waals surface area contributed by atoms with E-state index in [4.69, 9.17) is 0 Å². The molecule has 0 fully saturated rings. The van der Waals surface area contributed by atoms with Crippen LogP contribution in [0.5, 0.6) is 0 Å². The van der Waals surface area contributed by atoms with Gasteiger partial charge in [-0.25, -0.2) is 13.8 Å². The van der Waals surface area contributed by atoms with Crippen molar-refractivity contribution < 1.29 is 13.9 Å². The molecule has 1 heterocycles. The van der Waals surface area contributed by atoms with Gasteiger partial charge in [0.05, 0.1) is 0 Å². The van der Waals surface area contributed by atoms with Crippen LogP contribution in [-0.4, -0.2) is 20.3 Å². The Morgan fingerprint density at radius 3 is 2.88 bits per heavy atom. The predicted octanol–water partition coefficient (Wildman–Crippen LogP) is 1.36. The molecule has 0 spiro atoms. The Hall–Kier alpha value is -1.82. The number of aliphatic hydroxyl groups is 1. The molecule has 2 rings (SSSR count). The zero-order valence-electron chi connectivity index (χ0n) is 8.19. The van der Waals surface area contributed by atoms with Crippen LogP contribution in [0.15, 0.2) is 24.5 Å². The molecular weight excluding hydrogens is 216 g/mol. The highest BCUT2D eigenvalue weighted by Crippen LogP contribution is 2.17. The number of nitrogens with zero attached hydrogens (tertiary/aromatic N) is 2. The third-order valence-electron chi connectivity index (χ3n) is 2.17. The first-order valence-electron chi connectivity index (χ1n) is 4.64. The maximum absolute atomic E-state index is 13.2. The van der Waals surface area contributed by atoms with Crippen molar-refractivity contribution in [2.45, 2.75) is 12.5 Å². The van der Waals surface area contributed by atoms with Gasteiger partial charge in [0.25, 0.3) is 0 Å². The van der Waals surface area contributed by atoms with Gasteiger partial charge in [-0.05, 0) is 23.8 Å². The lowest BCUT2D eigenvalue weighted by Crippen LogP contribution is -2.06. The van der Waals surface area contributed by atoms with Crippen LogP contribution in [-0.2, 0) is 6.42 Å². The summed E-state index contributed by atoms with van der Waals surface area (Å²) in [6, 6.07) is 3.10. The molecule has 84 valence electrons. The number of aromatic nitrogens is 3. The van der Waals surface area contributed by atoms with Crippen molar-refractivity contribution in [2.24, 2.45) is 0 Å². The maximum Gasteiger partial charge on any atom is 0.153 e. The number of aliphatic hydroxyl groups excluding tert-OH is 1. The molecule has 1 aromatic heterocycles. The van der Waals surface area contributed by atoms with Crippen molar-refractivity contribution >= 4 is 0 Å². The Balaban J connectivity index is 2.17. The van der Waals surface area contributed by atoms with Crippen LogP contribution in [0.1, 0.15) is 17.5 Å². The van der Waals surface area contributed by atoms with E-state index >= 15 is 0 Å². The number of halogens is 2. The summed E-state index contributed by atoms with van der Waals surface area (Å²) < 4.78 is 26.1. The molecule has 0 aliphatic rings. The fourth-order valence-corrected chi connectivity index (χ4v) is 1.38. The van der Waals surface area contributed by atoms with Gasteiger partial charge >= 0.3 is 0 Å². The van der Waals surface area contributed by atoms with Crippen LogP contribution in [0.3, 0.4) is 0 Å². The normalized spacial score (nSPS) is 12.7. The first-order chi connectivity index (χ1) is 7.66. The summed E-state index contributed by atoms with van der Waals surface area (Å²) in [4.78, 5) is 3.73. The molecule has 0 bridgehead atoms. The smallest absolute Gasteiger partial charge is 0.153 e. The molecule has 0 aliphatic heterocycles. The highest BCUT2D eigenvalue weighted by molar-refractivity contribution is 5.20. The average molecular weight is 225 g/mol. The molecule has 16 heavy (non-hydrogen) atoms. The molecule has 0 amide bonds. The molecule has 4 nitrogen and oxygen atoms in total. The summed E-state index contributed by atoms with van der Waals surface area (Å²) >= 11 is 0. The van der Waals surface area contributed by atoms with Gasteiger partial charge in [-0.2, -0.15) is 5.10 Å². The summed E-state index contributed by atoms with van der Waals surface area (Å²) in [5.41, 5.74) is 0.101. The van der Waals surface area contributed by atoms with Crippen molar-refractivity contribution in [3.63, 3.8) is 0 Å². The summed E-state index contributed by atoms with van der Waals surface area (Å²) in [5.74, 6) is -0.871. The molecule has 0 radical (unpaired) electrons. The van der Waals surface area contributed by atoms with Crippen LogP contribution in [0, 0.1) is 11.6 Å². The Bertz CT molecular complexity index is 473. The molecular formula is C10H9F2N3O. The topological polar surface area (TPSA) is 61.8 Å². The van der Waals surface area contributed by atoms with Gasteiger partial charge in [-0.15, -0.1) is 0 Å². The van der Waals surface area contributed by atoms with E-state index in [-0.39, 0.29) is 17.8 Å². The van der Waals surface area contributed by atoms with Gasteiger partial charge in [-0.3, -0.25) is 5.10 Å². The average Bonchev–Trinajstić information content (AvgIpc) is 2.76. The second-order valence-corrected chi connectivity index (χ2v) is 3.33. The molecule has 1 atom stereocenters. The van der Waals surface area contributed by atoms with E-state index in [0.717, 1.165) is 18.2 Å². The number of nitrogens with one attached hydrogen (secondary N) is 1. The quantitative estimate of drug-likeness (QED) is 0.829. The van der Waals surface area contributed by atoms with E-state index in [0.29, 0.717) is 0 Å². The molecule has 2 aromatic rings. The Morgan fingerprint density at radius 1 is 1.38 bits per heavy atom. The zero-order valence-corrected chi connectivity index (χ0v) is 8.19. The van der Waals surface area contributed by atoms with E-state index in [1.165, 1.54) is 6.33 Å². The first kappa shape index (κ1) is 10.7. The van der Waals surface area contributed by atoms with Crippen molar-refractivity contribution in [3.05, 3.63) is 47.5 Å². The first-order valence-corrected chi connectivity index (χ1v) is 4.64. The minimum absolute atomic E-state index is 0.0568. The lowest BCUT2D eigenvalue weighted by molar-refractivity contribution is 0.167. The third kappa shape index (κ3) is 2.22. The zero-order chi connectivity index (χ0) is 11.5. The molecule has 0 saturated heterocycles. The van der Waals surface area contributed by atoms with Crippen molar-refractivity contribution in [2.75, 3.05) is 0 Å². The minimum Gasteiger partial charge on any atom is -0.385 e. The molecule has 1 aromatic carbocycles. The molecule has 1 unspecified atom stereocenters. The summed E-state index contributed by atoms with van der Waals surface area (Å²) in [6.07, 6.45) is 0.151. The van der Waals surface area contributed by atoms with E-state index in [9.17, 15) is 13.9 Å². The number of hydrogen-bond acceptors (Lipinski definition) is 3. The minimum atomic E-state index is -1.03. The van der Waals surface area contributed by atoms with Crippen LogP contribution in [0.25, 0.3) is 0 Å². The fourth-order valence-electron chi connectivity index (χ4n) is 1.38. The van der Waals surface area contributed by atoms with E-state index in [2.05, 4.69) is 15.2 Å². The number of rotatable bonds is 3. The molecule has 2 N–H and O–H groups in total. The van der Waals surface area contributed by atoms with Gasteiger partial charge in [-0.1, -0.05) is 0 Å². The highest BCUT2D eigenvalue weighted by Gasteiger charge is 2.14. The Kier molecular flexibility index (Phi) is 2.91. The van der Waals surface area contributed by atoms with Crippen LogP contribution in [0.2, 0.25) is 0 Å². The van der Waals surface area contributed by atoms with Crippen LogP contribution < -0.4 is 0 Å². The summed E-state index contributed by atoms with van der Waals surface area (Å²) in [5, 5.41) is 15.7. The van der Waals surface area contributed by atoms with Crippen molar-refractivity contribution in [3.8, 4) is 0 Å². The largest absolute Gasteiger partial charge is 0.385 e. The van der Waals surface area contributed by atoms with E-state index in [1.54, 1.807) is 0 Å². The Labute approximate surface area is 90.0 Å². The highest BCUT2D eigenvalue weighted by atomic mass is 19.1. The standard InChI is InChI=1S/C10H9F2N3O/c11-7-1-2-8(12)6(3-7)4-9(16)10-13-5-14-15-10/h1-3,5,9,16H,4H2,(H,13,14,15). The lowest BCUT2D eigenvalue weighted by atomic mass is 10.1. The fraction of sp³-hybridized carbons (Fsp3) is 0.200. The summed E-state index contributed by atoms with van der Waals surface area (Å²) in [6.45, 7) is 0. The van der Waals surface area contributed by atoms with Crippen molar-refractivity contribution in [1.82, 2.24) is 15.2 Å². The number of H-pyrrole nitrogens is 1. The second kappa shape index (κ2) is 4.36. The van der Waals surface area contributed by atoms with Crippen LogP contribution >= 0.6 is 0 Å². The summed E-state index contributed by atoms with van der Waals surface area (Å²) in [7, 11) is 0. The molecule has 0 saturated carbocycles. The van der Waals surface area contributed by atoms with E-state index in [1.807, 2.05) is 0 Å².